The molecule has 1 aromatic heterocycles. The number of methoxy groups -OCH3 is 1. The van der Waals surface area contributed by atoms with Gasteiger partial charge in [-0.2, -0.15) is 0 Å². The van der Waals surface area contributed by atoms with Gasteiger partial charge in [0, 0.05) is 24.6 Å². The Bertz CT molecular complexity index is 969. The highest BCUT2D eigenvalue weighted by atomic mass is 16.5. The van der Waals surface area contributed by atoms with Crippen molar-refractivity contribution in [2.75, 3.05) is 20.2 Å². The first kappa shape index (κ1) is 21.1. The molecule has 162 valence electrons. The van der Waals surface area contributed by atoms with Crippen molar-refractivity contribution in [2.45, 2.75) is 25.8 Å². The van der Waals surface area contributed by atoms with Gasteiger partial charge in [-0.25, -0.2) is 0 Å². The van der Waals surface area contributed by atoms with Crippen molar-refractivity contribution >= 4 is 5.91 Å². The topological polar surface area (TPSA) is 76.4 Å². The van der Waals surface area contributed by atoms with E-state index in [1.165, 1.54) is 0 Å². The van der Waals surface area contributed by atoms with Gasteiger partial charge in [-0.1, -0.05) is 47.6 Å². The van der Waals surface area contributed by atoms with Crippen LogP contribution in [-0.2, 0) is 17.8 Å². The van der Waals surface area contributed by atoms with Crippen molar-refractivity contribution in [1.29, 1.82) is 0 Å². The van der Waals surface area contributed by atoms with Crippen LogP contribution >= 0.6 is 0 Å². The molecule has 2 N–H and O–H groups in total. The van der Waals surface area contributed by atoms with Crippen LogP contribution in [0.4, 0.5) is 0 Å². The van der Waals surface area contributed by atoms with Crippen LogP contribution in [0.15, 0.2) is 65.2 Å². The van der Waals surface area contributed by atoms with Crippen LogP contribution < -0.4 is 15.4 Å². The third-order valence-electron chi connectivity index (χ3n) is 5.95. The predicted molar refractivity (Wildman–Crippen MR) is 120 cm³/mol. The summed E-state index contributed by atoms with van der Waals surface area (Å²) in [5.41, 5.74) is 3.03. The SMILES string of the molecule is COc1ccc(CNC(=O)CC2CCNCC2Cc2cc(-c3ccccc3)on2)cc1. The highest BCUT2D eigenvalue weighted by Gasteiger charge is 2.28. The van der Waals surface area contributed by atoms with Crippen molar-refractivity contribution in [1.82, 2.24) is 15.8 Å². The van der Waals surface area contributed by atoms with Gasteiger partial charge in [-0.15, -0.1) is 0 Å². The van der Waals surface area contributed by atoms with Gasteiger partial charge in [-0.05, 0) is 55.5 Å². The molecule has 3 aromatic rings. The zero-order valence-electron chi connectivity index (χ0n) is 17.8. The van der Waals surface area contributed by atoms with E-state index in [0.717, 1.165) is 54.3 Å². The number of piperidine rings is 1. The fourth-order valence-corrected chi connectivity index (χ4v) is 4.15. The van der Waals surface area contributed by atoms with Gasteiger partial charge in [-0.3, -0.25) is 4.79 Å². The summed E-state index contributed by atoms with van der Waals surface area (Å²) in [6.07, 6.45) is 2.33. The number of aromatic nitrogens is 1. The summed E-state index contributed by atoms with van der Waals surface area (Å²) in [4.78, 5) is 12.6. The second-order valence-corrected chi connectivity index (χ2v) is 8.09. The van der Waals surface area contributed by atoms with E-state index in [9.17, 15) is 4.79 Å². The van der Waals surface area contributed by atoms with Crippen LogP contribution in [0, 0.1) is 11.8 Å². The summed E-state index contributed by atoms with van der Waals surface area (Å²) < 4.78 is 10.7. The molecule has 6 heteroatoms. The van der Waals surface area contributed by atoms with E-state index >= 15 is 0 Å². The van der Waals surface area contributed by atoms with Gasteiger partial charge in [0.1, 0.15) is 5.75 Å². The monoisotopic (exact) mass is 419 g/mol. The minimum absolute atomic E-state index is 0.0952. The van der Waals surface area contributed by atoms with Crippen molar-refractivity contribution in [3.8, 4) is 17.1 Å². The van der Waals surface area contributed by atoms with Gasteiger partial charge in [0.2, 0.25) is 5.91 Å². The quantitative estimate of drug-likeness (QED) is 0.580. The van der Waals surface area contributed by atoms with E-state index in [0.29, 0.717) is 24.8 Å². The molecule has 1 saturated heterocycles. The molecule has 2 heterocycles. The van der Waals surface area contributed by atoms with Crippen LogP contribution in [-0.4, -0.2) is 31.3 Å². The number of hydrogen-bond donors (Lipinski definition) is 2. The van der Waals surface area contributed by atoms with Crippen molar-refractivity contribution in [2.24, 2.45) is 11.8 Å². The van der Waals surface area contributed by atoms with Crippen LogP contribution in [0.2, 0.25) is 0 Å². The Morgan fingerprint density at radius 3 is 2.74 bits per heavy atom. The van der Waals surface area contributed by atoms with Crippen molar-refractivity contribution in [3.63, 3.8) is 0 Å². The molecule has 1 aliphatic rings. The zero-order valence-corrected chi connectivity index (χ0v) is 17.8. The Morgan fingerprint density at radius 2 is 1.97 bits per heavy atom. The molecule has 0 radical (unpaired) electrons. The van der Waals surface area contributed by atoms with Crippen molar-refractivity contribution < 1.29 is 14.1 Å². The Balaban J connectivity index is 1.32. The molecule has 1 fully saturated rings. The standard InChI is InChI=1S/C25H29N3O3/c1-30-23-9-7-18(8-10-23)16-27-25(29)14-20-11-12-26-17-21(20)13-22-15-24(31-28-22)19-5-3-2-4-6-19/h2-10,15,20-21,26H,11-14,16-17H2,1H3,(H,27,29). The maximum atomic E-state index is 12.6. The number of carbonyl (C=O) groups excluding carboxylic acids is 1. The fourth-order valence-electron chi connectivity index (χ4n) is 4.15. The second-order valence-electron chi connectivity index (χ2n) is 8.09. The summed E-state index contributed by atoms with van der Waals surface area (Å²) in [6, 6.07) is 19.8. The molecule has 6 nitrogen and oxygen atoms in total. The third kappa shape index (κ3) is 5.73. The normalized spacial score (nSPS) is 18.5. The highest BCUT2D eigenvalue weighted by molar-refractivity contribution is 5.76. The van der Waals surface area contributed by atoms with Gasteiger partial charge in [0.25, 0.3) is 0 Å². The Morgan fingerprint density at radius 1 is 1.16 bits per heavy atom. The van der Waals surface area contributed by atoms with E-state index in [2.05, 4.69) is 15.8 Å². The number of rotatable bonds is 8. The lowest BCUT2D eigenvalue weighted by Crippen LogP contribution is -2.40. The number of benzene rings is 2. The van der Waals surface area contributed by atoms with Gasteiger partial charge < -0.3 is 19.9 Å². The smallest absolute Gasteiger partial charge is 0.220 e. The first-order valence-corrected chi connectivity index (χ1v) is 10.8. The highest BCUT2D eigenvalue weighted by Crippen LogP contribution is 2.28. The van der Waals surface area contributed by atoms with Crippen LogP contribution in [0.3, 0.4) is 0 Å². The summed E-state index contributed by atoms with van der Waals surface area (Å²) >= 11 is 0. The second kappa shape index (κ2) is 10.3. The summed E-state index contributed by atoms with van der Waals surface area (Å²) in [5, 5.41) is 10.8. The van der Waals surface area contributed by atoms with Crippen molar-refractivity contribution in [3.05, 3.63) is 71.9 Å². The Hall–Kier alpha value is -3.12. The van der Waals surface area contributed by atoms with Gasteiger partial charge in [0.15, 0.2) is 5.76 Å². The minimum atomic E-state index is 0.0952. The van der Waals surface area contributed by atoms with E-state index in [4.69, 9.17) is 9.26 Å². The number of amides is 1. The number of ether oxygens (including phenoxy) is 1. The molecule has 31 heavy (non-hydrogen) atoms. The summed E-state index contributed by atoms with van der Waals surface area (Å²) in [6.45, 7) is 2.37. The van der Waals surface area contributed by atoms with E-state index in [1.807, 2.05) is 60.7 Å². The van der Waals surface area contributed by atoms with E-state index in [-0.39, 0.29) is 5.91 Å². The van der Waals surface area contributed by atoms with Crippen LogP contribution in [0.1, 0.15) is 24.1 Å². The van der Waals surface area contributed by atoms with Crippen LogP contribution in [0.25, 0.3) is 11.3 Å². The fraction of sp³-hybridized carbons (Fsp3) is 0.360. The Kier molecular flexibility index (Phi) is 6.99. The zero-order chi connectivity index (χ0) is 21.5. The lowest BCUT2D eigenvalue weighted by atomic mass is 9.81. The molecule has 1 amide bonds. The molecule has 0 saturated carbocycles. The maximum absolute atomic E-state index is 12.6. The average Bonchev–Trinajstić information content (AvgIpc) is 3.28. The van der Waals surface area contributed by atoms with Gasteiger partial charge >= 0.3 is 0 Å². The van der Waals surface area contributed by atoms with E-state index in [1.54, 1.807) is 7.11 Å². The largest absolute Gasteiger partial charge is 0.497 e. The first-order chi connectivity index (χ1) is 15.2. The molecular formula is C25H29N3O3. The van der Waals surface area contributed by atoms with Gasteiger partial charge in [0.05, 0.1) is 12.8 Å². The molecule has 0 aliphatic carbocycles. The average molecular weight is 420 g/mol. The molecule has 4 rings (SSSR count). The number of hydrogen-bond acceptors (Lipinski definition) is 5. The number of carbonyl (C=O) groups is 1. The molecule has 2 unspecified atom stereocenters. The molecule has 0 bridgehead atoms. The molecule has 0 spiro atoms. The lowest BCUT2D eigenvalue weighted by molar-refractivity contribution is -0.122. The minimum Gasteiger partial charge on any atom is -0.497 e. The number of nitrogens with zero attached hydrogens (tertiary/aromatic N) is 1. The maximum Gasteiger partial charge on any atom is 0.220 e. The molecule has 2 atom stereocenters. The summed E-state index contributed by atoms with van der Waals surface area (Å²) in [7, 11) is 1.65. The molecule has 1 aliphatic heterocycles. The molecular weight excluding hydrogens is 390 g/mol. The van der Waals surface area contributed by atoms with E-state index < -0.39 is 0 Å². The Labute approximate surface area is 183 Å². The number of nitrogens with one attached hydrogen (secondary N) is 2. The first-order valence-electron chi connectivity index (χ1n) is 10.8. The lowest BCUT2D eigenvalue weighted by Gasteiger charge is -2.31. The molecule has 2 aromatic carbocycles. The third-order valence-corrected chi connectivity index (χ3v) is 5.95. The predicted octanol–water partition coefficient (Wildman–Crippen LogP) is 3.82. The summed E-state index contributed by atoms with van der Waals surface area (Å²) in [5.74, 6) is 2.38. The van der Waals surface area contributed by atoms with Crippen LogP contribution in [0.5, 0.6) is 5.75 Å².